The Morgan fingerprint density at radius 3 is 2.79 bits per heavy atom. The number of carbonyl (C=O) groups is 1. The van der Waals surface area contributed by atoms with Crippen molar-refractivity contribution in [3.63, 3.8) is 0 Å². The molecule has 0 spiro atoms. The molecular weight excluding hydrogens is 333 g/mol. The molecule has 24 heavy (non-hydrogen) atoms. The molecule has 3 aromatic rings. The summed E-state index contributed by atoms with van der Waals surface area (Å²) in [5.74, 6) is -0.609. The minimum absolute atomic E-state index is 0.101. The van der Waals surface area contributed by atoms with E-state index in [0.717, 1.165) is 0 Å². The van der Waals surface area contributed by atoms with Crippen LogP contribution in [0.3, 0.4) is 0 Å². The van der Waals surface area contributed by atoms with Crippen molar-refractivity contribution < 1.29 is 9.18 Å². The summed E-state index contributed by atoms with van der Waals surface area (Å²) in [6.07, 6.45) is 0. The molecule has 3 rings (SSSR count). The average Bonchev–Trinajstić information content (AvgIpc) is 3.06. The molecule has 0 fully saturated rings. The lowest BCUT2D eigenvalue weighted by Gasteiger charge is -2.11. The summed E-state index contributed by atoms with van der Waals surface area (Å²) in [5.41, 5.74) is 0.792. The van der Waals surface area contributed by atoms with Gasteiger partial charge in [0, 0.05) is 10.6 Å². The van der Waals surface area contributed by atoms with Crippen LogP contribution in [-0.4, -0.2) is 26.1 Å². The lowest BCUT2D eigenvalue weighted by atomic mass is 10.2. The highest BCUT2D eigenvalue weighted by Crippen LogP contribution is 2.19. The van der Waals surface area contributed by atoms with Crippen LogP contribution in [0.4, 0.5) is 10.1 Å². The number of para-hydroxylation sites is 1. The summed E-state index contributed by atoms with van der Waals surface area (Å²) in [5, 5.41) is 15.1. The van der Waals surface area contributed by atoms with Crippen LogP contribution in [0, 0.1) is 5.82 Å². The van der Waals surface area contributed by atoms with Crippen molar-refractivity contribution in [2.24, 2.45) is 0 Å². The van der Waals surface area contributed by atoms with E-state index in [1.807, 2.05) is 0 Å². The van der Waals surface area contributed by atoms with E-state index >= 15 is 0 Å². The second-order valence-corrected chi connectivity index (χ2v) is 5.53. The second-order valence-electron chi connectivity index (χ2n) is 5.09. The molecule has 2 aromatic carbocycles. The molecule has 1 N–H and O–H groups in total. The highest BCUT2D eigenvalue weighted by molar-refractivity contribution is 6.30. The van der Waals surface area contributed by atoms with Gasteiger partial charge in [-0.3, -0.25) is 4.79 Å². The lowest BCUT2D eigenvalue weighted by Crippen LogP contribution is -2.25. The predicted octanol–water partition coefficient (Wildman–Crippen LogP) is 3.33. The van der Waals surface area contributed by atoms with Gasteiger partial charge in [0.1, 0.15) is 11.9 Å². The maximum atomic E-state index is 13.6. The SMILES string of the molecule is C[C@H](C(=O)Nc1ccccc1F)n1nnc(-c2cccc(Cl)c2)n1. The van der Waals surface area contributed by atoms with E-state index in [2.05, 4.69) is 20.7 Å². The van der Waals surface area contributed by atoms with Crippen LogP contribution in [0.2, 0.25) is 5.02 Å². The topological polar surface area (TPSA) is 72.7 Å². The Hall–Kier alpha value is -2.80. The number of hydrogen-bond acceptors (Lipinski definition) is 4. The number of halogens is 2. The minimum Gasteiger partial charge on any atom is -0.322 e. The summed E-state index contributed by atoms with van der Waals surface area (Å²) in [7, 11) is 0. The number of amides is 1. The number of aromatic nitrogens is 4. The van der Waals surface area contributed by atoms with Gasteiger partial charge in [0.2, 0.25) is 5.82 Å². The fourth-order valence-corrected chi connectivity index (χ4v) is 2.23. The molecule has 1 amide bonds. The Labute approximate surface area is 142 Å². The smallest absolute Gasteiger partial charge is 0.250 e. The van der Waals surface area contributed by atoms with Gasteiger partial charge in [-0.2, -0.15) is 4.80 Å². The van der Waals surface area contributed by atoms with Crippen LogP contribution in [-0.2, 0) is 4.79 Å². The van der Waals surface area contributed by atoms with Crippen LogP contribution in [0.5, 0.6) is 0 Å². The normalized spacial score (nSPS) is 12.0. The minimum atomic E-state index is -0.759. The summed E-state index contributed by atoms with van der Waals surface area (Å²) < 4.78 is 13.6. The predicted molar refractivity (Wildman–Crippen MR) is 88.0 cm³/mol. The number of rotatable bonds is 4. The Morgan fingerprint density at radius 2 is 2.04 bits per heavy atom. The zero-order valence-electron chi connectivity index (χ0n) is 12.6. The van der Waals surface area contributed by atoms with Gasteiger partial charge in [-0.15, -0.1) is 10.2 Å². The fourth-order valence-electron chi connectivity index (χ4n) is 2.04. The quantitative estimate of drug-likeness (QED) is 0.787. The molecule has 1 atom stereocenters. The molecule has 0 saturated heterocycles. The van der Waals surface area contributed by atoms with Gasteiger partial charge in [0.05, 0.1) is 5.69 Å². The maximum Gasteiger partial charge on any atom is 0.250 e. The largest absolute Gasteiger partial charge is 0.322 e. The molecular formula is C16H13ClFN5O. The molecule has 0 unspecified atom stereocenters. The maximum absolute atomic E-state index is 13.6. The third-order valence-electron chi connectivity index (χ3n) is 3.37. The van der Waals surface area contributed by atoms with E-state index in [4.69, 9.17) is 11.6 Å². The summed E-state index contributed by atoms with van der Waals surface area (Å²) in [6.45, 7) is 1.60. The average molecular weight is 346 g/mol. The van der Waals surface area contributed by atoms with Crippen LogP contribution in [0.25, 0.3) is 11.4 Å². The van der Waals surface area contributed by atoms with Crippen molar-refractivity contribution in [3.05, 3.63) is 59.4 Å². The molecule has 1 heterocycles. The molecule has 0 radical (unpaired) electrons. The first-order valence-corrected chi connectivity index (χ1v) is 7.53. The Bertz CT molecular complexity index is 882. The molecule has 6 nitrogen and oxygen atoms in total. The van der Waals surface area contributed by atoms with E-state index in [0.29, 0.717) is 16.4 Å². The second kappa shape index (κ2) is 6.76. The highest BCUT2D eigenvalue weighted by atomic mass is 35.5. The van der Waals surface area contributed by atoms with Gasteiger partial charge in [0.15, 0.2) is 0 Å². The standard InChI is InChI=1S/C16H13ClFN5O/c1-10(16(24)19-14-8-3-2-7-13(14)18)23-21-15(20-22-23)11-5-4-6-12(17)9-11/h2-10H,1H3,(H,19,24)/t10-/m1/s1. The number of nitrogens with zero attached hydrogens (tertiary/aromatic N) is 4. The number of hydrogen-bond donors (Lipinski definition) is 1. The summed E-state index contributed by atoms with van der Waals surface area (Å²) in [4.78, 5) is 13.4. The third-order valence-corrected chi connectivity index (χ3v) is 3.60. The molecule has 0 aliphatic rings. The van der Waals surface area contributed by atoms with Crippen LogP contribution in [0.1, 0.15) is 13.0 Å². The fraction of sp³-hybridized carbons (Fsp3) is 0.125. The molecule has 0 saturated carbocycles. The summed E-state index contributed by atoms with van der Waals surface area (Å²) >= 11 is 5.94. The Morgan fingerprint density at radius 1 is 1.25 bits per heavy atom. The summed E-state index contributed by atoms with van der Waals surface area (Å²) in [6, 6.07) is 12.2. The van der Waals surface area contributed by atoms with Gasteiger partial charge in [-0.25, -0.2) is 4.39 Å². The van der Waals surface area contributed by atoms with Gasteiger partial charge in [0.25, 0.3) is 5.91 Å². The van der Waals surface area contributed by atoms with Crippen LogP contribution in [0.15, 0.2) is 48.5 Å². The number of benzene rings is 2. The molecule has 122 valence electrons. The first-order chi connectivity index (χ1) is 11.5. The van der Waals surface area contributed by atoms with Crippen LogP contribution < -0.4 is 5.32 Å². The first kappa shape index (κ1) is 16.1. The van der Waals surface area contributed by atoms with Crippen molar-refractivity contribution in [1.82, 2.24) is 20.2 Å². The number of tetrazole rings is 1. The van der Waals surface area contributed by atoms with Crippen molar-refractivity contribution in [1.29, 1.82) is 0 Å². The zero-order chi connectivity index (χ0) is 17.1. The monoisotopic (exact) mass is 345 g/mol. The molecule has 0 bridgehead atoms. The van der Waals surface area contributed by atoms with E-state index in [1.165, 1.54) is 16.9 Å². The van der Waals surface area contributed by atoms with Crippen molar-refractivity contribution in [2.75, 3.05) is 5.32 Å². The lowest BCUT2D eigenvalue weighted by molar-refractivity contribution is -0.119. The van der Waals surface area contributed by atoms with Crippen LogP contribution >= 0.6 is 11.6 Å². The Balaban J connectivity index is 1.77. The molecule has 0 aliphatic heterocycles. The van der Waals surface area contributed by atoms with E-state index in [9.17, 15) is 9.18 Å². The number of nitrogens with one attached hydrogen (secondary N) is 1. The van der Waals surface area contributed by atoms with Crippen molar-refractivity contribution in [3.8, 4) is 11.4 Å². The van der Waals surface area contributed by atoms with E-state index in [-0.39, 0.29) is 5.69 Å². The van der Waals surface area contributed by atoms with Gasteiger partial charge in [-0.1, -0.05) is 35.9 Å². The molecule has 0 aliphatic carbocycles. The van der Waals surface area contributed by atoms with Gasteiger partial charge < -0.3 is 5.32 Å². The number of carbonyl (C=O) groups excluding carboxylic acids is 1. The highest BCUT2D eigenvalue weighted by Gasteiger charge is 2.20. The molecule has 8 heteroatoms. The van der Waals surface area contributed by atoms with E-state index < -0.39 is 17.8 Å². The number of anilines is 1. The third kappa shape index (κ3) is 3.41. The van der Waals surface area contributed by atoms with E-state index in [1.54, 1.807) is 43.3 Å². The first-order valence-electron chi connectivity index (χ1n) is 7.15. The van der Waals surface area contributed by atoms with Gasteiger partial charge >= 0.3 is 0 Å². The van der Waals surface area contributed by atoms with Crippen molar-refractivity contribution >= 4 is 23.2 Å². The molecule has 1 aromatic heterocycles. The zero-order valence-corrected chi connectivity index (χ0v) is 13.4. The van der Waals surface area contributed by atoms with Crippen molar-refractivity contribution in [2.45, 2.75) is 13.0 Å². The van der Waals surface area contributed by atoms with Gasteiger partial charge in [-0.05, 0) is 36.4 Å². The Kier molecular flexibility index (Phi) is 4.52.